The Morgan fingerprint density at radius 3 is 1.63 bits per heavy atom. The number of hydrogen-bond acceptors (Lipinski definition) is 13. The Morgan fingerprint density at radius 1 is 0.714 bits per heavy atom. The van der Waals surface area contributed by atoms with Crippen molar-refractivity contribution in [1.29, 1.82) is 5.26 Å². The van der Waals surface area contributed by atoms with E-state index in [-0.39, 0.29) is 105 Å². The lowest BCUT2D eigenvalue weighted by molar-refractivity contribution is -0.0181. The number of esters is 2. The fourth-order valence-corrected chi connectivity index (χ4v) is 10.1. The van der Waals surface area contributed by atoms with Gasteiger partial charge in [0.2, 0.25) is 0 Å². The summed E-state index contributed by atoms with van der Waals surface area (Å²) in [6.07, 6.45) is 11.8. The van der Waals surface area contributed by atoms with Gasteiger partial charge in [-0.3, -0.25) is 18.7 Å². The van der Waals surface area contributed by atoms with Gasteiger partial charge in [-0.25, -0.2) is 9.59 Å². The minimum Gasteiger partial charge on any atom is -0.494 e. The summed E-state index contributed by atoms with van der Waals surface area (Å²) in [5, 5.41) is 49.7. The van der Waals surface area contributed by atoms with Crippen molar-refractivity contribution in [3.63, 3.8) is 0 Å². The van der Waals surface area contributed by atoms with Crippen LogP contribution in [0, 0.1) is 78.9 Å². The highest BCUT2D eigenvalue weighted by Gasteiger charge is 2.36. The Balaban J connectivity index is 1.19. The summed E-state index contributed by atoms with van der Waals surface area (Å²) in [5.74, 6) is 2.38. The number of hydrogen-bond donors (Lipinski definition) is 2. The number of nitrogens with zero attached hydrogens (tertiary/aromatic N) is 7. The normalized spacial score (nSPS) is 20.9. The molecule has 2 aliphatic carbocycles. The molecule has 2 N–H and O–H groups in total. The van der Waals surface area contributed by atoms with Gasteiger partial charge in [0, 0.05) is 24.2 Å². The van der Waals surface area contributed by atoms with E-state index in [1.807, 2.05) is 13.0 Å². The minimum atomic E-state index is -0.756. The molecule has 15 nitrogen and oxygen atoms in total. The molecule has 0 bridgehead atoms. The molecule has 15 heteroatoms. The summed E-state index contributed by atoms with van der Waals surface area (Å²) >= 11 is 0. The van der Waals surface area contributed by atoms with Crippen LogP contribution in [0.3, 0.4) is 0 Å². The van der Waals surface area contributed by atoms with Crippen molar-refractivity contribution >= 4 is 34.7 Å². The fraction of sp³-hybridized carbons (Fsp3) is 0.509. The van der Waals surface area contributed by atoms with Crippen LogP contribution in [0.25, 0.3) is 0 Å². The van der Waals surface area contributed by atoms with Crippen LogP contribution in [0.2, 0.25) is 0 Å². The second-order valence-electron chi connectivity index (χ2n) is 20.2. The van der Waals surface area contributed by atoms with E-state index < -0.39 is 28.9 Å². The Kier molecular flexibility index (Phi) is 17.4. The zero-order chi connectivity index (χ0) is 51.0. The van der Waals surface area contributed by atoms with Crippen LogP contribution >= 0.6 is 0 Å². The number of benzene rings is 2. The highest BCUT2D eigenvalue weighted by molar-refractivity contribution is 5.95. The number of terminal acetylenes is 1. The van der Waals surface area contributed by atoms with Gasteiger partial charge in [0.15, 0.2) is 23.1 Å². The van der Waals surface area contributed by atoms with Crippen molar-refractivity contribution in [3.05, 3.63) is 103 Å². The number of nitriles is 1. The monoisotopic (exact) mass is 954 g/mol. The van der Waals surface area contributed by atoms with Gasteiger partial charge >= 0.3 is 11.9 Å². The van der Waals surface area contributed by atoms with Crippen LogP contribution in [-0.4, -0.2) is 43.5 Å². The third kappa shape index (κ3) is 11.8. The highest BCUT2D eigenvalue weighted by Crippen LogP contribution is 2.39. The summed E-state index contributed by atoms with van der Waals surface area (Å²) < 4.78 is 14.5. The van der Waals surface area contributed by atoms with Crippen molar-refractivity contribution in [2.75, 3.05) is 0 Å². The SMILES string of the molecule is C#Cc1c(C)c(O)n(CCCC(C)Cn2c(O)c(C)c(C#N)c(N=Nc3ccccc3C(=O)OC3CC(C)CCC3C(C)C)c2=O)c(=O)c1N=Nc1ccccc1C(=O)OC1CC(C)CCC1C(C)C. The Morgan fingerprint density at radius 2 is 1.16 bits per heavy atom. The zero-order valence-electron chi connectivity index (χ0n) is 41.9. The van der Waals surface area contributed by atoms with Crippen molar-refractivity contribution < 1.29 is 29.3 Å². The van der Waals surface area contributed by atoms with Crippen molar-refractivity contribution in [2.45, 2.75) is 139 Å². The number of ether oxygens (including phenoxy) is 2. The molecule has 2 saturated carbocycles. The van der Waals surface area contributed by atoms with E-state index in [1.54, 1.807) is 55.5 Å². The molecule has 0 amide bonds. The van der Waals surface area contributed by atoms with E-state index in [2.05, 4.69) is 67.9 Å². The second kappa shape index (κ2) is 23.2. The molecule has 2 aromatic carbocycles. The van der Waals surface area contributed by atoms with Crippen molar-refractivity contribution in [3.8, 4) is 30.2 Å². The van der Waals surface area contributed by atoms with Gasteiger partial charge in [-0.2, -0.15) is 5.26 Å². The molecule has 0 radical (unpaired) electrons. The average Bonchev–Trinajstić information content (AvgIpc) is 3.32. The van der Waals surface area contributed by atoms with E-state index in [0.717, 1.165) is 47.7 Å². The van der Waals surface area contributed by atoms with Gasteiger partial charge in [-0.1, -0.05) is 91.5 Å². The first kappa shape index (κ1) is 52.5. The van der Waals surface area contributed by atoms with Gasteiger partial charge < -0.3 is 19.7 Å². The first-order chi connectivity index (χ1) is 33.4. The van der Waals surface area contributed by atoms with E-state index >= 15 is 0 Å². The summed E-state index contributed by atoms with van der Waals surface area (Å²) in [6, 6.07) is 15.1. The number of rotatable bonds is 16. The predicted octanol–water partition coefficient (Wildman–Crippen LogP) is 12.1. The molecule has 2 aromatic heterocycles. The average molecular weight is 954 g/mol. The number of aromatic hydroxyl groups is 2. The van der Waals surface area contributed by atoms with E-state index in [9.17, 15) is 34.7 Å². The maximum Gasteiger partial charge on any atom is 0.340 e. The molecule has 6 rings (SSSR count). The molecule has 370 valence electrons. The summed E-state index contributed by atoms with van der Waals surface area (Å²) in [7, 11) is 0. The minimum absolute atomic E-state index is 0.00855. The Bertz CT molecular complexity index is 2850. The van der Waals surface area contributed by atoms with Gasteiger partial charge in [-0.15, -0.1) is 26.9 Å². The smallest absolute Gasteiger partial charge is 0.340 e. The van der Waals surface area contributed by atoms with Crippen LogP contribution in [0.1, 0.15) is 143 Å². The second-order valence-corrected chi connectivity index (χ2v) is 20.2. The van der Waals surface area contributed by atoms with Crippen molar-refractivity contribution in [1.82, 2.24) is 9.13 Å². The lowest BCUT2D eigenvalue weighted by Crippen LogP contribution is -2.35. The maximum absolute atomic E-state index is 14.0. The molecular formula is C55H67N7O8. The highest BCUT2D eigenvalue weighted by atomic mass is 16.5. The summed E-state index contributed by atoms with van der Waals surface area (Å²) in [5.41, 5.74) is -0.921. The van der Waals surface area contributed by atoms with Gasteiger partial charge in [0.05, 0.1) is 22.3 Å². The van der Waals surface area contributed by atoms with Crippen LogP contribution in [-0.2, 0) is 22.6 Å². The number of carbonyl (C=O) groups excluding carboxylic acids is 2. The Labute approximate surface area is 410 Å². The summed E-state index contributed by atoms with van der Waals surface area (Å²) in [4.78, 5) is 55.3. The lowest BCUT2D eigenvalue weighted by Gasteiger charge is -2.36. The molecule has 2 heterocycles. The largest absolute Gasteiger partial charge is 0.494 e. The summed E-state index contributed by atoms with van der Waals surface area (Å²) in [6.45, 7) is 17.8. The molecule has 70 heavy (non-hydrogen) atoms. The zero-order valence-corrected chi connectivity index (χ0v) is 41.9. The van der Waals surface area contributed by atoms with Gasteiger partial charge in [0.1, 0.15) is 29.7 Å². The molecule has 2 fully saturated rings. The maximum atomic E-state index is 14.0. The third-order valence-electron chi connectivity index (χ3n) is 14.3. The number of pyridine rings is 2. The van der Waals surface area contributed by atoms with Crippen LogP contribution in [0.5, 0.6) is 11.8 Å². The molecule has 0 saturated heterocycles. The molecule has 7 atom stereocenters. The van der Waals surface area contributed by atoms with Gasteiger partial charge in [0.25, 0.3) is 11.1 Å². The quantitative estimate of drug-likeness (QED) is 0.0620. The molecule has 4 aromatic rings. The van der Waals surface area contributed by atoms with Crippen LogP contribution in [0.4, 0.5) is 22.7 Å². The van der Waals surface area contributed by atoms with E-state index in [1.165, 1.54) is 6.92 Å². The van der Waals surface area contributed by atoms with E-state index in [4.69, 9.17) is 15.9 Å². The third-order valence-corrected chi connectivity index (χ3v) is 14.3. The molecule has 0 spiro atoms. The molecular weight excluding hydrogens is 887 g/mol. The first-order valence-corrected chi connectivity index (χ1v) is 24.6. The van der Waals surface area contributed by atoms with Crippen LogP contribution < -0.4 is 11.1 Å². The number of aromatic nitrogens is 2. The van der Waals surface area contributed by atoms with Crippen LogP contribution in [0.15, 0.2) is 78.6 Å². The Hall–Kier alpha value is -6.87. The number of carbonyl (C=O) groups is 2. The first-order valence-electron chi connectivity index (χ1n) is 24.6. The molecule has 2 aliphatic rings. The standard InChI is InChI=1S/C55H67N7O8/c1-11-38-36(9)50(63)61(52(65)48(38)59-57-44-20-14-12-18-41(44)54(67)69-46-27-33(6)22-24-39(46)31(2)3)26-16-17-35(8)30-62-51(64)37(10)43(29-56)49(53(62)66)60-58-45-21-15-13-19-42(45)55(68)70-47-28-34(7)23-25-40(47)32(4)5/h1,12-15,18-21,31-35,39-40,46-47,63-64H,16-17,22-28,30H2,2-10H3. The van der Waals surface area contributed by atoms with E-state index in [0.29, 0.717) is 36.5 Å². The van der Waals surface area contributed by atoms with Gasteiger partial charge in [-0.05, 0) is 118 Å². The molecule has 0 aliphatic heterocycles. The van der Waals surface area contributed by atoms with Crippen molar-refractivity contribution in [2.24, 2.45) is 61.9 Å². The lowest BCUT2D eigenvalue weighted by atomic mass is 9.75. The molecule has 7 unspecified atom stereocenters. The predicted molar refractivity (Wildman–Crippen MR) is 268 cm³/mol. The topological polar surface area (TPSA) is 210 Å². The fourth-order valence-electron chi connectivity index (χ4n) is 10.1. The number of azo groups is 2.